The first-order valence-electron chi connectivity index (χ1n) is 7.26. The third kappa shape index (κ3) is 3.21. The summed E-state index contributed by atoms with van der Waals surface area (Å²) >= 11 is 0. The maximum Gasteiger partial charge on any atom is 0.321 e. The molecule has 0 spiro atoms. The van der Waals surface area contributed by atoms with Crippen LogP contribution in [-0.2, 0) is 0 Å². The molecule has 20 heavy (non-hydrogen) atoms. The summed E-state index contributed by atoms with van der Waals surface area (Å²) in [7, 11) is 0. The molecule has 0 bridgehead atoms. The molecule has 2 rings (SSSR count). The van der Waals surface area contributed by atoms with E-state index in [-0.39, 0.29) is 11.8 Å². The normalized spacial score (nSPS) is 14.4. The Morgan fingerprint density at radius 3 is 2.50 bits per heavy atom. The van der Waals surface area contributed by atoms with Crippen LogP contribution in [0.2, 0.25) is 0 Å². The van der Waals surface area contributed by atoms with Gasteiger partial charge in [-0.3, -0.25) is 0 Å². The fourth-order valence-corrected chi connectivity index (χ4v) is 2.51. The van der Waals surface area contributed by atoms with Crippen LogP contribution in [0.1, 0.15) is 26.7 Å². The molecule has 0 saturated carbocycles. The molecule has 4 nitrogen and oxygen atoms in total. The van der Waals surface area contributed by atoms with Gasteiger partial charge >= 0.3 is 6.03 Å². The van der Waals surface area contributed by atoms with E-state index in [2.05, 4.69) is 5.32 Å². The van der Waals surface area contributed by atoms with Crippen molar-refractivity contribution in [1.29, 1.82) is 0 Å². The van der Waals surface area contributed by atoms with Gasteiger partial charge in [0.25, 0.3) is 0 Å². The highest BCUT2D eigenvalue weighted by molar-refractivity contribution is 5.89. The fourth-order valence-electron chi connectivity index (χ4n) is 2.51. The van der Waals surface area contributed by atoms with Gasteiger partial charge in [-0.1, -0.05) is 0 Å². The average Bonchev–Trinajstić information content (AvgIpc) is 2.94. The van der Waals surface area contributed by atoms with Crippen LogP contribution in [0, 0.1) is 5.82 Å². The molecule has 0 aromatic heterocycles. The molecule has 2 amide bonds. The standard InChI is InChI=1S/C15H22FN3O/c1-3-18(4-2)15(20)17-12-7-8-14(13(16)11-12)19-9-5-6-10-19/h7-8,11H,3-6,9-10H2,1-2H3,(H,17,20). The number of nitrogens with one attached hydrogen (secondary N) is 1. The summed E-state index contributed by atoms with van der Waals surface area (Å²) in [5, 5.41) is 2.73. The van der Waals surface area contributed by atoms with Gasteiger partial charge in [-0.15, -0.1) is 0 Å². The molecule has 1 aromatic rings. The Morgan fingerprint density at radius 2 is 1.95 bits per heavy atom. The quantitative estimate of drug-likeness (QED) is 0.918. The number of hydrogen-bond acceptors (Lipinski definition) is 2. The van der Waals surface area contributed by atoms with Gasteiger partial charge in [-0.05, 0) is 44.9 Å². The van der Waals surface area contributed by atoms with Crippen LogP contribution < -0.4 is 10.2 Å². The third-order valence-electron chi connectivity index (χ3n) is 3.70. The van der Waals surface area contributed by atoms with Gasteiger partial charge in [-0.2, -0.15) is 0 Å². The Bertz CT molecular complexity index is 468. The number of halogens is 1. The molecule has 1 saturated heterocycles. The molecule has 0 aliphatic carbocycles. The zero-order valence-electron chi connectivity index (χ0n) is 12.2. The largest absolute Gasteiger partial charge is 0.369 e. The van der Waals surface area contributed by atoms with E-state index < -0.39 is 0 Å². The molecule has 1 aliphatic rings. The molecule has 1 aromatic carbocycles. The summed E-state index contributed by atoms with van der Waals surface area (Å²) in [6, 6.07) is 4.72. The SMILES string of the molecule is CCN(CC)C(=O)Nc1ccc(N2CCCC2)c(F)c1. The zero-order chi connectivity index (χ0) is 14.5. The van der Waals surface area contributed by atoms with E-state index in [1.54, 1.807) is 17.0 Å². The van der Waals surface area contributed by atoms with Crippen LogP contribution in [0.5, 0.6) is 0 Å². The lowest BCUT2D eigenvalue weighted by molar-refractivity contribution is 0.217. The third-order valence-corrected chi connectivity index (χ3v) is 3.70. The molecule has 5 heteroatoms. The first kappa shape index (κ1) is 14.6. The first-order valence-corrected chi connectivity index (χ1v) is 7.26. The Morgan fingerprint density at radius 1 is 1.30 bits per heavy atom. The van der Waals surface area contributed by atoms with Gasteiger partial charge < -0.3 is 15.1 Å². The van der Waals surface area contributed by atoms with Crippen molar-refractivity contribution in [1.82, 2.24) is 4.90 Å². The van der Waals surface area contributed by atoms with Crippen LogP contribution in [0.3, 0.4) is 0 Å². The Labute approximate surface area is 119 Å². The molecule has 0 atom stereocenters. The van der Waals surface area contributed by atoms with Crippen LogP contribution in [0.15, 0.2) is 18.2 Å². The lowest BCUT2D eigenvalue weighted by Gasteiger charge is -2.21. The van der Waals surface area contributed by atoms with E-state index in [0.29, 0.717) is 24.5 Å². The summed E-state index contributed by atoms with van der Waals surface area (Å²) in [5.41, 5.74) is 1.13. The summed E-state index contributed by atoms with van der Waals surface area (Å²) in [6.07, 6.45) is 2.22. The Balaban J connectivity index is 2.07. The van der Waals surface area contributed by atoms with Gasteiger partial charge in [0, 0.05) is 31.9 Å². The number of hydrogen-bond donors (Lipinski definition) is 1. The minimum atomic E-state index is -0.274. The summed E-state index contributed by atoms with van der Waals surface area (Å²) < 4.78 is 14.1. The molecule has 110 valence electrons. The highest BCUT2D eigenvalue weighted by Crippen LogP contribution is 2.26. The van der Waals surface area contributed by atoms with Crippen molar-refractivity contribution in [3.05, 3.63) is 24.0 Å². The number of anilines is 2. The predicted molar refractivity (Wildman–Crippen MR) is 79.8 cm³/mol. The second-order valence-electron chi connectivity index (χ2n) is 4.96. The van der Waals surface area contributed by atoms with Crippen molar-refractivity contribution < 1.29 is 9.18 Å². The van der Waals surface area contributed by atoms with Crippen molar-refractivity contribution in [2.24, 2.45) is 0 Å². The van der Waals surface area contributed by atoms with Crippen molar-refractivity contribution in [2.45, 2.75) is 26.7 Å². The number of nitrogens with zero attached hydrogens (tertiary/aromatic N) is 2. The van der Waals surface area contributed by atoms with E-state index >= 15 is 0 Å². The molecule has 1 heterocycles. The van der Waals surface area contributed by atoms with Crippen molar-refractivity contribution >= 4 is 17.4 Å². The van der Waals surface area contributed by atoms with E-state index in [1.165, 1.54) is 6.07 Å². The maximum atomic E-state index is 14.1. The highest BCUT2D eigenvalue weighted by atomic mass is 19.1. The van der Waals surface area contributed by atoms with Crippen LogP contribution >= 0.6 is 0 Å². The molecule has 0 unspecified atom stereocenters. The average molecular weight is 279 g/mol. The zero-order valence-corrected chi connectivity index (χ0v) is 12.2. The topological polar surface area (TPSA) is 35.6 Å². The van der Waals surface area contributed by atoms with Crippen LogP contribution in [0.25, 0.3) is 0 Å². The lowest BCUT2D eigenvalue weighted by Crippen LogP contribution is -2.34. The number of benzene rings is 1. The summed E-state index contributed by atoms with van der Waals surface area (Å²) in [4.78, 5) is 15.6. The minimum Gasteiger partial charge on any atom is -0.369 e. The Hall–Kier alpha value is -1.78. The van der Waals surface area contributed by atoms with E-state index in [0.717, 1.165) is 25.9 Å². The van der Waals surface area contributed by atoms with Crippen molar-refractivity contribution in [3.63, 3.8) is 0 Å². The molecule has 1 fully saturated rings. The van der Waals surface area contributed by atoms with Crippen molar-refractivity contribution in [3.8, 4) is 0 Å². The minimum absolute atomic E-state index is 0.191. The second-order valence-corrected chi connectivity index (χ2v) is 4.96. The number of carbonyl (C=O) groups excluding carboxylic acids is 1. The molecule has 0 radical (unpaired) electrons. The smallest absolute Gasteiger partial charge is 0.321 e. The van der Waals surface area contributed by atoms with Crippen LogP contribution in [-0.4, -0.2) is 37.1 Å². The predicted octanol–water partition coefficient (Wildman–Crippen LogP) is 3.30. The number of carbonyl (C=O) groups is 1. The molecule has 1 aliphatic heterocycles. The van der Waals surface area contributed by atoms with E-state index in [1.807, 2.05) is 18.7 Å². The van der Waals surface area contributed by atoms with Crippen molar-refractivity contribution in [2.75, 3.05) is 36.4 Å². The fraction of sp³-hybridized carbons (Fsp3) is 0.533. The van der Waals surface area contributed by atoms with E-state index in [4.69, 9.17) is 0 Å². The number of urea groups is 1. The molecular weight excluding hydrogens is 257 g/mol. The van der Waals surface area contributed by atoms with Gasteiger partial charge in [0.05, 0.1) is 5.69 Å². The van der Waals surface area contributed by atoms with Gasteiger partial charge in [0.15, 0.2) is 0 Å². The summed E-state index contributed by atoms with van der Waals surface area (Å²) in [5.74, 6) is -0.274. The Kier molecular flexibility index (Phi) is 4.82. The van der Waals surface area contributed by atoms with Gasteiger partial charge in [0.1, 0.15) is 5.82 Å². The monoisotopic (exact) mass is 279 g/mol. The van der Waals surface area contributed by atoms with Gasteiger partial charge in [-0.25, -0.2) is 9.18 Å². The highest BCUT2D eigenvalue weighted by Gasteiger charge is 2.17. The maximum absolute atomic E-state index is 14.1. The lowest BCUT2D eigenvalue weighted by atomic mass is 10.2. The number of rotatable bonds is 4. The van der Waals surface area contributed by atoms with E-state index in [9.17, 15) is 9.18 Å². The van der Waals surface area contributed by atoms with Crippen LogP contribution in [0.4, 0.5) is 20.6 Å². The second kappa shape index (κ2) is 6.59. The summed E-state index contributed by atoms with van der Waals surface area (Å²) in [6.45, 7) is 6.91. The first-order chi connectivity index (χ1) is 9.65. The van der Waals surface area contributed by atoms with Gasteiger partial charge in [0.2, 0.25) is 0 Å². The number of amides is 2. The molecule has 1 N–H and O–H groups in total. The molecular formula is C15H22FN3O.